The molecule has 1 fully saturated rings. The standard InChI is InChI=1S/C29H32ClF3N6O5S/c1-16(2)38-10-7-17(8-11-38)35-28(42)26-36-25-19(39(26)14-18-13-21(44-37-18)22-5-6-23(30)45-22)3-4-20(43-15-29(31,32)33)24(25)27(41)34-9-12-40/h3-6,13,16-17,40H,7-12,14-15H2,1-2H3,(H,34,41)(H,35,42). The minimum atomic E-state index is -4.67. The number of aliphatic hydroxyl groups excluding tert-OH is 1. The van der Waals surface area contributed by atoms with Crippen LogP contribution >= 0.6 is 22.9 Å². The molecule has 1 aliphatic heterocycles. The Balaban J connectivity index is 1.55. The van der Waals surface area contributed by atoms with Crippen molar-refractivity contribution >= 4 is 45.8 Å². The Labute approximate surface area is 265 Å². The number of amides is 2. The van der Waals surface area contributed by atoms with Crippen molar-refractivity contribution in [3.8, 4) is 16.4 Å². The largest absolute Gasteiger partial charge is 0.483 e. The molecular formula is C29H32ClF3N6O5S. The van der Waals surface area contributed by atoms with Gasteiger partial charge in [-0.15, -0.1) is 11.3 Å². The Kier molecular flexibility index (Phi) is 10.0. The predicted octanol–water partition coefficient (Wildman–Crippen LogP) is 4.72. The molecule has 1 saturated heterocycles. The number of aromatic nitrogens is 3. The highest BCUT2D eigenvalue weighted by molar-refractivity contribution is 7.19. The van der Waals surface area contributed by atoms with Gasteiger partial charge in [-0.25, -0.2) is 4.98 Å². The molecule has 45 heavy (non-hydrogen) atoms. The number of nitrogens with one attached hydrogen (secondary N) is 2. The Hall–Kier alpha value is -3.66. The summed E-state index contributed by atoms with van der Waals surface area (Å²) in [5.74, 6) is -1.30. The molecule has 2 amide bonds. The van der Waals surface area contributed by atoms with Gasteiger partial charge in [0.1, 0.15) is 22.5 Å². The fraction of sp³-hybridized carbons (Fsp3) is 0.448. The zero-order valence-electron chi connectivity index (χ0n) is 24.5. The molecule has 3 aromatic heterocycles. The summed E-state index contributed by atoms with van der Waals surface area (Å²) in [6.07, 6.45) is -3.21. The number of hydrogen-bond acceptors (Lipinski definition) is 9. The molecule has 0 aliphatic carbocycles. The number of halogens is 4. The third-order valence-electron chi connectivity index (χ3n) is 7.39. The summed E-state index contributed by atoms with van der Waals surface area (Å²) in [4.78, 5) is 34.5. The van der Waals surface area contributed by atoms with Gasteiger partial charge >= 0.3 is 6.18 Å². The first-order valence-electron chi connectivity index (χ1n) is 14.3. The maximum atomic E-state index is 13.8. The molecule has 0 bridgehead atoms. The number of carbonyl (C=O) groups excluding carboxylic acids is 2. The van der Waals surface area contributed by atoms with E-state index in [1.54, 1.807) is 18.2 Å². The van der Waals surface area contributed by atoms with E-state index in [1.807, 2.05) is 0 Å². The molecule has 4 aromatic rings. The predicted molar refractivity (Wildman–Crippen MR) is 162 cm³/mol. The highest BCUT2D eigenvalue weighted by Gasteiger charge is 2.32. The van der Waals surface area contributed by atoms with Crippen molar-refractivity contribution in [3.63, 3.8) is 0 Å². The Morgan fingerprint density at radius 1 is 1.20 bits per heavy atom. The van der Waals surface area contributed by atoms with Crippen LogP contribution in [0.4, 0.5) is 13.2 Å². The van der Waals surface area contributed by atoms with Crippen molar-refractivity contribution in [2.45, 2.75) is 51.5 Å². The molecule has 0 radical (unpaired) electrons. The molecule has 11 nitrogen and oxygen atoms in total. The average molecular weight is 669 g/mol. The minimum Gasteiger partial charge on any atom is -0.483 e. The SMILES string of the molecule is CC(C)N1CCC(NC(=O)c2nc3c(C(=O)NCCO)c(OCC(F)(F)F)ccc3n2Cc2cc(-c3ccc(Cl)s3)on2)CC1. The van der Waals surface area contributed by atoms with Gasteiger partial charge in [-0.1, -0.05) is 16.8 Å². The van der Waals surface area contributed by atoms with Crippen LogP contribution < -0.4 is 15.4 Å². The first kappa shape index (κ1) is 32.7. The number of piperidine rings is 1. The first-order valence-corrected chi connectivity index (χ1v) is 15.5. The number of nitrogens with zero attached hydrogens (tertiary/aromatic N) is 4. The number of likely N-dealkylation sites (tertiary alicyclic amines) is 1. The zero-order valence-corrected chi connectivity index (χ0v) is 26.1. The van der Waals surface area contributed by atoms with Gasteiger partial charge < -0.3 is 34.5 Å². The van der Waals surface area contributed by atoms with E-state index in [9.17, 15) is 27.9 Å². The van der Waals surface area contributed by atoms with Crippen LogP contribution in [0.2, 0.25) is 4.34 Å². The van der Waals surface area contributed by atoms with Crippen molar-refractivity contribution in [1.29, 1.82) is 0 Å². The van der Waals surface area contributed by atoms with E-state index in [1.165, 1.54) is 28.0 Å². The minimum absolute atomic E-state index is 0.00584. The smallest absolute Gasteiger partial charge is 0.422 e. The number of rotatable bonds is 11. The maximum absolute atomic E-state index is 13.8. The summed E-state index contributed by atoms with van der Waals surface area (Å²) in [6.45, 7) is 3.64. The number of benzene rings is 1. The van der Waals surface area contributed by atoms with E-state index in [0.29, 0.717) is 21.8 Å². The van der Waals surface area contributed by atoms with Gasteiger partial charge in [0.2, 0.25) is 0 Å². The highest BCUT2D eigenvalue weighted by atomic mass is 35.5. The lowest BCUT2D eigenvalue weighted by molar-refractivity contribution is -0.153. The van der Waals surface area contributed by atoms with Gasteiger partial charge in [0.05, 0.1) is 27.9 Å². The first-order chi connectivity index (χ1) is 21.4. The molecule has 4 heterocycles. The molecular weight excluding hydrogens is 637 g/mol. The van der Waals surface area contributed by atoms with Gasteiger partial charge in [0.15, 0.2) is 18.2 Å². The normalized spacial score (nSPS) is 14.8. The monoisotopic (exact) mass is 668 g/mol. The second-order valence-electron chi connectivity index (χ2n) is 10.9. The van der Waals surface area contributed by atoms with Gasteiger partial charge in [-0.3, -0.25) is 9.59 Å². The van der Waals surface area contributed by atoms with Crippen LogP contribution in [0.3, 0.4) is 0 Å². The van der Waals surface area contributed by atoms with Crippen LogP contribution in [0.25, 0.3) is 21.7 Å². The number of aliphatic hydroxyl groups is 1. The number of alkyl halides is 3. The third-order valence-corrected chi connectivity index (χ3v) is 8.64. The van der Waals surface area contributed by atoms with Gasteiger partial charge in [0, 0.05) is 37.8 Å². The summed E-state index contributed by atoms with van der Waals surface area (Å²) < 4.78 is 51.8. The Morgan fingerprint density at radius 2 is 1.96 bits per heavy atom. The van der Waals surface area contributed by atoms with Gasteiger partial charge in [-0.05, 0) is 51.0 Å². The number of thiophene rings is 1. The molecule has 0 spiro atoms. The average Bonchev–Trinajstić information content (AvgIpc) is 3.73. The van der Waals surface area contributed by atoms with Crippen LogP contribution in [0.15, 0.2) is 34.9 Å². The number of fused-ring (bicyclic) bond motifs is 1. The number of carbonyl (C=O) groups is 2. The zero-order chi connectivity index (χ0) is 32.3. The summed E-state index contributed by atoms with van der Waals surface area (Å²) in [6, 6.07) is 8.12. The van der Waals surface area contributed by atoms with E-state index in [0.717, 1.165) is 30.8 Å². The molecule has 0 atom stereocenters. The summed E-state index contributed by atoms with van der Waals surface area (Å²) in [5, 5.41) is 18.9. The van der Waals surface area contributed by atoms with Gasteiger partial charge in [0.25, 0.3) is 11.8 Å². The third kappa shape index (κ3) is 7.77. The van der Waals surface area contributed by atoms with Gasteiger partial charge in [-0.2, -0.15) is 13.2 Å². The van der Waals surface area contributed by atoms with Crippen molar-refractivity contribution in [2.75, 3.05) is 32.8 Å². The molecule has 0 saturated carbocycles. The Bertz CT molecular complexity index is 1660. The number of ether oxygens (including phenoxy) is 1. The lowest BCUT2D eigenvalue weighted by Crippen LogP contribution is -2.47. The number of hydrogen-bond donors (Lipinski definition) is 3. The quantitative estimate of drug-likeness (QED) is 0.209. The van der Waals surface area contributed by atoms with Crippen LogP contribution in [-0.4, -0.2) is 87.6 Å². The van der Waals surface area contributed by atoms with E-state index < -0.39 is 31.2 Å². The molecule has 242 valence electrons. The fourth-order valence-electron chi connectivity index (χ4n) is 5.18. The number of imidazole rings is 1. The van der Waals surface area contributed by atoms with Crippen LogP contribution in [0, 0.1) is 0 Å². The van der Waals surface area contributed by atoms with Crippen molar-refractivity contribution < 1.29 is 37.1 Å². The van der Waals surface area contributed by atoms with Crippen molar-refractivity contribution in [1.82, 2.24) is 30.2 Å². The molecule has 3 N–H and O–H groups in total. The van der Waals surface area contributed by atoms with Crippen LogP contribution in [0.1, 0.15) is 53.4 Å². The topological polar surface area (TPSA) is 135 Å². The van der Waals surface area contributed by atoms with E-state index >= 15 is 0 Å². The second-order valence-corrected chi connectivity index (χ2v) is 12.6. The molecule has 1 aromatic carbocycles. The summed E-state index contributed by atoms with van der Waals surface area (Å²) in [5.41, 5.74) is 0.375. The highest BCUT2D eigenvalue weighted by Crippen LogP contribution is 2.33. The molecule has 0 unspecified atom stereocenters. The lowest BCUT2D eigenvalue weighted by atomic mass is 10.0. The van der Waals surface area contributed by atoms with E-state index in [2.05, 4.69) is 39.5 Å². The van der Waals surface area contributed by atoms with E-state index in [4.69, 9.17) is 20.9 Å². The molecule has 5 rings (SSSR count). The van der Waals surface area contributed by atoms with Crippen LogP contribution in [0.5, 0.6) is 5.75 Å². The van der Waals surface area contributed by atoms with Crippen molar-refractivity contribution in [3.05, 3.63) is 51.7 Å². The molecule has 1 aliphatic rings. The van der Waals surface area contributed by atoms with Crippen LogP contribution in [-0.2, 0) is 6.54 Å². The van der Waals surface area contributed by atoms with E-state index in [-0.39, 0.29) is 47.3 Å². The lowest BCUT2D eigenvalue weighted by Gasteiger charge is -2.34. The maximum Gasteiger partial charge on any atom is 0.422 e. The Morgan fingerprint density at radius 3 is 2.60 bits per heavy atom. The fourth-order valence-corrected chi connectivity index (χ4v) is 6.18. The summed E-state index contributed by atoms with van der Waals surface area (Å²) in [7, 11) is 0. The van der Waals surface area contributed by atoms with Crippen molar-refractivity contribution in [2.24, 2.45) is 0 Å². The summed E-state index contributed by atoms with van der Waals surface area (Å²) >= 11 is 7.37. The second kappa shape index (κ2) is 13.8. The molecule has 16 heteroatoms.